The van der Waals surface area contributed by atoms with Crippen molar-refractivity contribution in [2.24, 2.45) is 0 Å². The van der Waals surface area contributed by atoms with E-state index in [0.717, 1.165) is 3.97 Å². The van der Waals surface area contributed by atoms with Gasteiger partial charge in [0.05, 0.1) is 10.5 Å². The van der Waals surface area contributed by atoms with Crippen LogP contribution in [0, 0.1) is 5.82 Å². The molecule has 0 fully saturated rings. The smallest absolute Gasteiger partial charge is 0.303 e. The van der Waals surface area contributed by atoms with Crippen LogP contribution in [0.15, 0.2) is 71.8 Å². The molecule has 0 aliphatic heterocycles. The van der Waals surface area contributed by atoms with E-state index in [4.69, 9.17) is 28.3 Å². The van der Waals surface area contributed by atoms with E-state index in [1.165, 1.54) is 30.5 Å². The van der Waals surface area contributed by atoms with Crippen LogP contribution >= 0.6 is 23.2 Å². The maximum atomic E-state index is 15.2. The van der Waals surface area contributed by atoms with Crippen LogP contribution < -0.4 is 0 Å². The third kappa shape index (κ3) is 3.99. The fraction of sp³-hybridized carbons (Fsp3) is 0.0870. The Balaban J connectivity index is 2.00. The van der Waals surface area contributed by atoms with E-state index < -0.39 is 26.7 Å². The Bertz CT molecular complexity index is 1450. The predicted molar refractivity (Wildman–Crippen MR) is 122 cm³/mol. The fourth-order valence-corrected chi connectivity index (χ4v) is 5.67. The first kappa shape index (κ1) is 22.3. The van der Waals surface area contributed by atoms with E-state index in [9.17, 15) is 13.2 Å². The third-order valence-corrected chi connectivity index (χ3v) is 7.34. The molecule has 0 unspecified atom stereocenters. The molecule has 0 amide bonds. The van der Waals surface area contributed by atoms with Gasteiger partial charge in [0.25, 0.3) is 10.0 Å². The summed E-state index contributed by atoms with van der Waals surface area (Å²) in [4.78, 5) is 10.5. The molecule has 0 saturated heterocycles. The molecule has 4 rings (SSSR count). The lowest BCUT2D eigenvalue weighted by Gasteiger charge is -2.14. The Hall–Kier alpha value is -2.87. The molecule has 0 bridgehead atoms. The molecule has 0 aliphatic carbocycles. The molecule has 1 heterocycles. The number of nitrogens with zero attached hydrogens (tertiary/aromatic N) is 1. The van der Waals surface area contributed by atoms with Gasteiger partial charge in [-0.25, -0.2) is 16.8 Å². The minimum Gasteiger partial charge on any atom is -0.481 e. The Kier molecular flexibility index (Phi) is 5.99. The van der Waals surface area contributed by atoms with Crippen molar-refractivity contribution in [1.82, 2.24) is 3.97 Å². The molecule has 5 nitrogen and oxygen atoms in total. The Morgan fingerprint density at radius 2 is 1.75 bits per heavy atom. The van der Waals surface area contributed by atoms with Crippen molar-refractivity contribution in [3.8, 4) is 11.1 Å². The van der Waals surface area contributed by atoms with Gasteiger partial charge in [-0.1, -0.05) is 59.6 Å². The molecular weight excluding hydrogens is 476 g/mol. The number of hydrogen-bond acceptors (Lipinski definition) is 3. The number of benzene rings is 3. The third-order valence-electron chi connectivity index (χ3n) is 5.07. The summed E-state index contributed by atoms with van der Waals surface area (Å²) >= 11 is 12.1. The van der Waals surface area contributed by atoms with Crippen molar-refractivity contribution in [3.63, 3.8) is 0 Å². The van der Waals surface area contributed by atoms with Gasteiger partial charge in [0.15, 0.2) is 5.82 Å². The van der Waals surface area contributed by atoms with Crippen LogP contribution in [0.25, 0.3) is 22.0 Å². The number of hydrogen-bond donors (Lipinski definition) is 1. The fourth-order valence-electron chi connectivity index (χ4n) is 3.61. The zero-order chi connectivity index (χ0) is 23.0. The van der Waals surface area contributed by atoms with E-state index >= 15 is 4.39 Å². The van der Waals surface area contributed by atoms with Gasteiger partial charge in [-0.2, -0.15) is 0 Å². The summed E-state index contributed by atoms with van der Waals surface area (Å²) in [6.45, 7) is 0. The topological polar surface area (TPSA) is 76.4 Å². The van der Waals surface area contributed by atoms with Gasteiger partial charge in [-0.3, -0.25) is 4.79 Å². The summed E-state index contributed by atoms with van der Waals surface area (Å²) in [5.41, 5.74) is 1.40. The first-order valence-corrected chi connectivity index (χ1v) is 11.7. The first-order valence-electron chi connectivity index (χ1n) is 9.50. The highest BCUT2D eigenvalue weighted by atomic mass is 35.5. The van der Waals surface area contributed by atoms with E-state index in [0.29, 0.717) is 21.5 Å². The van der Waals surface area contributed by atoms with Crippen LogP contribution in [0.3, 0.4) is 0 Å². The monoisotopic (exact) mass is 491 g/mol. The van der Waals surface area contributed by atoms with Crippen molar-refractivity contribution >= 4 is 50.1 Å². The molecular formula is C23H16Cl2FNO4S. The van der Waals surface area contributed by atoms with Gasteiger partial charge < -0.3 is 5.11 Å². The zero-order valence-corrected chi connectivity index (χ0v) is 18.8. The SMILES string of the molecule is O=C(O)CCc1cn(S(=O)(=O)c2c(-c3ccccc3)ccc(Cl)c2F)c2ccc(Cl)cc12. The number of fused-ring (bicyclic) bond motifs is 1. The summed E-state index contributed by atoms with van der Waals surface area (Å²) in [6.07, 6.45) is 1.19. The number of aromatic nitrogens is 1. The Morgan fingerprint density at radius 3 is 2.44 bits per heavy atom. The maximum absolute atomic E-state index is 15.2. The van der Waals surface area contributed by atoms with Crippen LogP contribution in [0.2, 0.25) is 10.0 Å². The number of aliphatic carboxylic acids is 1. The summed E-state index contributed by atoms with van der Waals surface area (Å²) in [6, 6.07) is 15.9. The molecule has 0 saturated carbocycles. The molecule has 9 heteroatoms. The molecule has 164 valence electrons. The standard InChI is InChI=1S/C23H16Cl2FNO4S/c24-16-7-10-20-18(12-16)15(6-11-21(28)29)13-27(20)32(30,31)23-17(8-9-19(25)22(23)26)14-4-2-1-3-5-14/h1-5,7-10,12-13H,6,11H2,(H,28,29). The lowest BCUT2D eigenvalue weighted by atomic mass is 10.1. The maximum Gasteiger partial charge on any atom is 0.303 e. The minimum absolute atomic E-state index is 0.0816. The van der Waals surface area contributed by atoms with Crippen LogP contribution in [-0.2, 0) is 21.2 Å². The number of carboxylic acid groups (broad SMARTS) is 1. The first-order chi connectivity index (χ1) is 15.2. The highest BCUT2D eigenvalue weighted by Crippen LogP contribution is 2.37. The molecule has 1 aromatic heterocycles. The number of carboxylic acids is 1. The summed E-state index contributed by atoms with van der Waals surface area (Å²) in [5.74, 6) is -2.08. The van der Waals surface area contributed by atoms with Crippen molar-refractivity contribution in [3.05, 3.63) is 88.3 Å². The average Bonchev–Trinajstić information content (AvgIpc) is 3.13. The van der Waals surface area contributed by atoms with E-state index in [-0.39, 0.29) is 28.9 Å². The lowest BCUT2D eigenvalue weighted by molar-refractivity contribution is -0.136. The van der Waals surface area contributed by atoms with Gasteiger partial charge >= 0.3 is 5.97 Å². The van der Waals surface area contributed by atoms with Crippen LogP contribution in [0.5, 0.6) is 0 Å². The second-order valence-corrected chi connectivity index (χ2v) is 9.71. The number of rotatable bonds is 6. The summed E-state index contributed by atoms with van der Waals surface area (Å²) in [7, 11) is -4.46. The molecule has 4 aromatic rings. The van der Waals surface area contributed by atoms with E-state index in [2.05, 4.69) is 0 Å². The Morgan fingerprint density at radius 1 is 1.03 bits per heavy atom. The average molecular weight is 492 g/mol. The quantitative estimate of drug-likeness (QED) is 0.358. The number of aryl methyl sites for hydroxylation is 1. The predicted octanol–water partition coefficient (Wildman–Crippen LogP) is 6.01. The van der Waals surface area contributed by atoms with Crippen molar-refractivity contribution in [2.45, 2.75) is 17.7 Å². The Labute approximate surface area is 193 Å². The van der Waals surface area contributed by atoms with Crippen LogP contribution in [-0.4, -0.2) is 23.5 Å². The highest BCUT2D eigenvalue weighted by molar-refractivity contribution is 7.90. The van der Waals surface area contributed by atoms with Gasteiger partial charge in [0.1, 0.15) is 4.90 Å². The molecule has 0 atom stereocenters. The van der Waals surface area contributed by atoms with E-state index in [1.54, 1.807) is 36.4 Å². The van der Waals surface area contributed by atoms with Crippen LogP contribution in [0.4, 0.5) is 4.39 Å². The molecule has 32 heavy (non-hydrogen) atoms. The van der Waals surface area contributed by atoms with Crippen LogP contribution in [0.1, 0.15) is 12.0 Å². The lowest BCUT2D eigenvalue weighted by Crippen LogP contribution is -2.15. The molecule has 0 aliphatic rings. The van der Waals surface area contributed by atoms with Crippen molar-refractivity contribution in [2.75, 3.05) is 0 Å². The van der Waals surface area contributed by atoms with Crippen molar-refractivity contribution in [1.29, 1.82) is 0 Å². The normalized spacial score (nSPS) is 11.7. The van der Waals surface area contributed by atoms with Gasteiger partial charge in [-0.15, -0.1) is 0 Å². The molecule has 0 spiro atoms. The summed E-state index contributed by atoms with van der Waals surface area (Å²) in [5, 5.41) is 9.58. The highest BCUT2D eigenvalue weighted by Gasteiger charge is 2.29. The molecule has 3 aromatic carbocycles. The second-order valence-electron chi connectivity index (χ2n) is 7.11. The molecule has 1 N–H and O–H groups in total. The minimum atomic E-state index is -4.46. The van der Waals surface area contributed by atoms with Gasteiger partial charge in [-0.05, 0) is 41.8 Å². The second kappa shape index (κ2) is 8.58. The van der Waals surface area contributed by atoms with Gasteiger partial charge in [0.2, 0.25) is 0 Å². The zero-order valence-electron chi connectivity index (χ0n) is 16.4. The van der Waals surface area contributed by atoms with Gasteiger partial charge in [0, 0.05) is 28.6 Å². The van der Waals surface area contributed by atoms with E-state index in [1.807, 2.05) is 0 Å². The number of carbonyl (C=O) groups is 1. The number of halogens is 3. The largest absolute Gasteiger partial charge is 0.481 e. The van der Waals surface area contributed by atoms with Crippen molar-refractivity contribution < 1.29 is 22.7 Å². The molecule has 0 radical (unpaired) electrons. The summed E-state index contributed by atoms with van der Waals surface area (Å²) < 4.78 is 43.7.